The van der Waals surface area contributed by atoms with Gasteiger partial charge in [0.2, 0.25) is 17.7 Å². The minimum absolute atomic E-state index is 0.0219. The molecule has 0 aromatic heterocycles. The summed E-state index contributed by atoms with van der Waals surface area (Å²) in [5.74, 6) is -0.915. The van der Waals surface area contributed by atoms with E-state index in [1.54, 1.807) is 42.5 Å². The average Bonchev–Trinajstić information content (AvgIpc) is 3.56. The van der Waals surface area contributed by atoms with Crippen LogP contribution in [0.1, 0.15) is 12.8 Å². The van der Waals surface area contributed by atoms with Gasteiger partial charge in [-0.1, -0.05) is 47.5 Å². The van der Waals surface area contributed by atoms with Crippen molar-refractivity contribution < 1.29 is 23.9 Å². The molecule has 37 heavy (non-hydrogen) atoms. The Hall–Kier alpha value is -3.16. The van der Waals surface area contributed by atoms with Crippen molar-refractivity contribution in [3.8, 4) is 5.75 Å². The number of imide groups is 1. The Morgan fingerprint density at radius 2 is 1.59 bits per heavy atom. The highest BCUT2D eigenvalue weighted by molar-refractivity contribution is 6.44. The predicted molar refractivity (Wildman–Crippen MR) is 136 cm³/mol. The Morgan fingerprint density at radius 3 is 2.30 bits per heavy atom. The molecule has 2 aliphatic heterocycles. The molecule has 0 radical (unpaired) electrons. The van der Waals surface area contributed by atoms with Crippen LogP contribution in [0.4, 0.5) is 11.4 Å². The van der Waals surface area contributed by atoms with E-state index < -0.39 is 11.9 Å². The monoisotopic (exact) mass is 536 g/mol. The highest BCUT2D eigenvalue weighted by atomic mass is 35.5. The van der Waals surface area contributed by atoms with Crippen molar-refractivity contribution in [3.63, 3.8) is 0 Å². The zero-order chi connectivity index (χ0) is 25.6. The van der Waals surface area contributed by atoms with Crippen LogP contribution in [0.25, 0.3) is 0 Å². The molecule has 6 aliphatic rings. The van der Waals surface area contributed by atoms with E-state index in [1.807, 2.05) is 0 Å². The van der Waals surface area contributed by atoms with Crippen LogP contribution in [0.2, 0.25) is 10.0 Å². The number of allylic oxidation sites excluding steroid dienone is 2. The van der Waals surface area contributed by atoms with E-state index in [0.717, 1.165) is 6.42 Å². The summed E-state index contributed by atoms with van der Waals surface area (Å²) in [5, 5.41) is 0.571. The van der Waals surface area contributed by atoms with Crippen molar-refractivity contribution in [1.29, 1.82) is 0 Å². The van der Waals surface area contributed by atoms with E-state index in [2.05, 4.69) is 12.2 Å². The lowest BCUT2D eigenvalue weighted by molar-refractivity contribution is -0.139. The molecular weight excluding hydrogens is 515 g/mol. The number of hydrogen-bond acceptors (Lipinski definition) is 5. The Labute approximate surface area is 222 Å². The number of carbonyl (C=O) groups is 4. The van der Waals surface area contributed by atoms with Crippen molar-refractivity contribution in [1.82, 2.24) is 0 Å². The van der Waals surface area contributed by atoms with Crippen LogP contribution in [-0.4, -0.2) is 30.2 Å². The van der Waals surface area contributed by atoms with Gasteiger partial charge in [-0.3, -0.25) is 19.2 Å². The Balaban J connectivity index is 1.08. The summed E-state index contributed by atoms with van der Waals surface area (Å²) in [4.78, 5) is 55.1. The van der Waals surface area contributed by atoms with Gasteiger partial charge in [0, 0.05) is 19.0 Å². The normalized spacial score (nSPS) is 33.1. The molecule has 3 amide bonds. The number of esters is 1. The van der Waals surface area contributed by atoms with E-state index in [9.17, 15) is 19.2 Å². The van der Waals surface area contributed by atoms with Crippen molar-refractivity contribution in [3.05, 3.63) is 64.7 Å². The van der Waals surface area contributed by atoms with Gasteiger partial charge in [-0.15, -0.1) is 0 Å². The second-order valence-electron chi connectivity index (χ2n) is 10.6. The largest absolute Gasteiger partial charge is 0.426 e. The number of anilines is 2. The molecule has 0 unspecified atom stereocenters. The zero-order valence-corrected chi connectivity index (χ0v) is 21.1. The maximum Gasteiger partial charge on any atom is 0.316 e. The lowest BCUT2D eigenvalue weighted by atomic mass is 9.63. The summed E-state index contributed by atoms with van der Waals surface area (Å²) in [6, 6.07) is 11.5. The Kier molecular flexibility index (Phi) is 5.08. The second kappa shape index (κ2) is 8.17. The van der Waals surface area contributed by atoms with Crippen LogP contribution in [-0.2, 0) is 19.2 Å². The Morgan fingerprint density at radius 1 is 0.919 bits per heavy atom. The molecule has 2 heterocycles. The van der Waals surface area contributed by atoms with Crippen LogP contribution in [0.15, 0.2) is 54.6 Å². The molecule has 4 fully saturated rings. The van der Waals surface area contributed by atoms with Gasteiger partial charge in [0.25, 0.3) is 0 Å². The van der Waals surface area contributed by atoms with Gasteiger partial charge in [0.15, 0.2) is 0 Å². The van der Waals surface area contributed by atoms with E-state index in [1.165, 1.54) is 9.80 Å². The van der Waals surface area contributed by atoms with E-state index in [4.69, 9.17) is 27.9 Å². The number of halogens is 2. The van der Waals surface area contributed by atoms with E-state index >= 15 is 0 Å². The minimum atomic E-state index is -0.697. The van der Waals surface area contributed by atoms with Crippen LogP contribution in [0.5, 0.6) is 5.75 Å². The van der Waals surface area contributed by atoms with Gasteiger partial charge < -0.3 is 9.64 Å². The standard InChI is InChI=1S/C28H22Cl2N2O5/c29-20-5-2-6-21(25(20)30)31-12-13(9-22(31)33)28(36)37-15-4-1-3-14(10-15)32-26(34)23-16-7-8-17(19-11-18(16)19)24(23)27(32)35/h1-8,10,13,16-19,23-24H,9,11-12H2/t13-,16+,17+,18-,19+,23-,24-/m1/s1. The highest BCUT2D eigenvalue weighted by Crippen LogP contribution is 2.65. The molecule has 2 aromatic carbocycles. The molecule has 2 saturated carbocycles. The minimum Gasteiger partial charge on any atom is -0.426 e. The maximum atomic E-state index is 13.4. The molecule has 9 heteroatoms. The van der Waals surface area contributed by atoms with E-state index in [-0.39, 0.29) is 65.1 Å². The average molecular weight is 537 g/mol. The third-order valence-corrected chi connectivity index (χ3v) is 9.45. The molecule has 2 saturated heterocycles. The van der Waals surface area contributed by atoms with Gasteiger partial charge in [-0.25, -0.2) is 4.90 Å². The fourth-order valence-corrected chi connectivity index (χ4v) is 7.29. The topological polar surface area (TPSA) is 84.0 Å². The van der Waals surface area contributed by atoms with Crippen molar-refractivity contribution >= 4 is 58.3 Å². The van der Waals surface area contributed by atoms with Crippen LogP contribution >= 0.6 is 23.2 Å². The number of benzene rings is 2. The van der Waals surface area contributed by atoms with Gasteiger partial charge in [-0.2, -0.15) is 0 Å². The summed E-state index contributed by atoms with van der Waals surface area (Å²) in [5.41, 5.74) is 0.850. The first-order valence-electron chi connectivity index (χ1n) is 12.5. The van der Waals surface area contributed by atoms with Gasteiger partial charge >= 0.3 is 5.97 Å². The summed E-state index contributed by atoms with van der Waals surface area (Å²) >= 11 is 12.4. The number of rotatable bonds is 4. The predicted octanol–water partition coefficient (Wildman–Crippen LogP) is 4.51. The number of amides is 3. The lowest BCUT2D eigenvalue weighted by Crippen LogP contribution is -2.40. The van der Waals surface area contributed by atoms with Crippen molar-refractivity contribution in [2.24, 2.45) is 41.4 Å². The van der Waals surface area contributed by atoms with Crippen LogP contribution < -0.4 is 14.5 Å². The smallest absolute Gasteiger partial charge is 0.316 e. The molecule has 2 bridgehead atoms. The first-order valence-corrected chi connectivity index (χ1v) is 13.2. The quantitative estimate of drug-likeness (QED) is 0.248. The van der Waals surface area contributed by atoms with Gasteiger partial charge in [0.05, 0.1) is 39.2 Å². The number of nitrogens with zero attached hydrogens (tertiary/aromatic N) is 2. The van der Waals surface area contributed by atoms with E-state index in [0.29, 0.717) is 28.2 Å². The molecule has 8 rings (SSSR count). The highest BCUT2D eigenvalue weighted by Gasteiger charge is 2.67. The summed E-state index contributed by atoms with van der Waals surface area (Å²) in [6.45, 7) is 0.113. The summed E-state index contributed by atoms with van der Waals surface area (Å²) in [6.07, 6.45) is 5.35. The summed E-state index contributed by atoms with van der Waals surface area (Å²) < 4.78 is 5.61. The lowest BCUT2D eigenvalue weighted by Gasteiger charge is -2.37. The first kappa shape index (κ1) is 23.0. The maximum absolute atomic E-state index is 13.4. The molecule has 4 aliphatic carbocycles. The molecule has 188 valence electrons. The molecule has 7 nitrogen and oxygen atoms in total. The molecule has 0 N–H and O–H groups in total. The zero-order valence-electron chi connectivity index (χ0n) is 19.6. The van der Waals surface area contributed by atoms with Gasteiger partial charge in [-0.05, 0) is 54.4 Å². The van der Waals surface area contributed by atoms with Crippen molar-refractivity contribution in [2.45, 2.75) is 12.8 Å². The first-order chi connectivity index (χ1) is 17.8. The fraction of sp³-hybridized carbons (Fsp3) is 0.357. The molecular formula is C28H22Cl2N2O5. The van der Waals surface area contributed by atoms with Gasteiger partial charge in [0.1, 0.15) is 5.75 Å². The summed E-state index contributed by atoms with van der Waals surface area (Å²) in [7, 11) is 0. The second-order valence-corrected chi connectivity index (χ2v) is 11.3. The number of carbonyl (C=O) groups excluding carboxylic acids is 4. The number of hydrogen-bond donors (Lipinski definition) is 0. The molecule has 0 spiro atoms. The number of ether oxygens (including phenoxy) is 1. The molecule has 7 atom stereocenters. The van der Waals surface area contributed by atoms with Crippen LogP contribution in [0.3, 0.4) is 0 Å². The fourth-order valence-electron chi connectivity index (χ4n) is 6.90. The SMILES string of the molecule is O=C(Oc1cccc(N2C(=O)[C@@H]3[C@H]4C=C[C@@H]([C@@H]5C[C@H]45)[C@H]3C2=O)c1)[C@@H]1CC(=O)N(c2cccc(Cl)c2Cl)C1. The van der Waals surface area contributed by atoms with Crippen LogP contribution in [0, 0.1) is 41.4 Å². The Bertz CT molecular complexity index is 1390. The third kappa shape index (κ3) is 3.40. The molecule has 2 aromatic rings. The van der Waals surface area contributed by atoms with Crippen molar-refractivity contribution in [2.75, 3.05) is 16.3 Å². The third-order valence-electron chi connectivity index (χ3n) is 8.64.